The van der Waals surface area contributed by atoms with Gasteiger partial charge in [-0.1, -0.05) is 24.3 Å². The Labute approximate surface area is 168 Å². The molecule has 0 radical (unpaired) electrons. The van der Waals surface area contributed by atoms with Crippen LogP contribution >= 0.6 is 0 Å². The highest BCUT2D eigenvalue weighted by Gasteiger charge is 2.20. The summed E-state index contributed by atoms with van der Waals surface area (Å²) >= 11 is 0. The number of H-pyrrole nitrogens is 1. The second-order valence-corrected chi connectivity index (χ2v) is 7.11. The molecular weight excluding hydrogens is 362 g/mol. The van der Waals surface area contributed by atoms with Gasteiger partial charge in [0.25, 0.3) is 11.5 Å². The quantitative estimate of drug-likeness (QED) is 0.568. The summed E-state index contributed by atoms with van der Waals surface area (Å²) in [7, 11) is 0. The number of aryl methyl sites for hydroxylation is 2. The molecule has 0 spiro atoms. The van der Waals surface area contributed by atoms with Crippen LogP contribution in [0.15, 0.2) is 77.9 Å². The van der Waals surface area contributed by atoms with Gasteiger partial charge in [0, 0.05) is 29.2 Å². The Hall–Kier alpha value is -3.73. The standard InChI is InChI=1S/C24H21N3O2/c1-16-9-10-21(12-17(16)2)27(24(29)19-7-5-11-25-14-19)15-20-13-18-6-3-4-8-22(18)26-23(20)28/h3-14H,15H2,1-2H3,(H,26,28). The molecule has 4 aromatic rings. The fourth-order valence-corrected chi connectivity index (χ4v) is 3.30. The van der Waals surface area contributed by atoms with Crippen molar-refractivity contribution >= 4 is 22.5 Å². The molecule has 0 saturated heterocycles. The molecule has 0 aliphatic rings. The average molecular weight is 383 g/mol. The number of nitrogens with zero attached hydrogens (tertiary/aromatic N) is 2. The van der Waals surface area contributed by atoms with Crippen LogP contribution in [-0.4, -0.2) is 15.9 Å². The molecule has 1 N–H and O–H groups in total. The van der Waals surface area contributed by atoms with Gasteiger partial charge < -0.3 is 9.88 Å². The molecule has 5 nitrogen and oxygen atoms in total. The number of pyridine rings is 2. The zero-order chi connectivity index (χ0) is 20.4. The van der Waals surface area contributed by atoms with E-state index in [1.165, 1.54) is 0 Å². The third-order valence-corrected chi connectivity index (χ3v) is 5.11. The van der Waals surface area contributed by atoms with Crippen molar-refractivity contribution in [2.45, 2.75) is 20.4 Å². The summed E-state index contributed by atoms with van der Waals surface area (Å²) in [5.41, 5.74) is 4.55. The first-order valence-corrected chi connectivity index (χ1v) is 9.43. The van der Waals surface area contributed by atoms with Gasteiger partial charge in [-0.15, -0.1) is 0 Å². The van der Waals surface area contributed by atoms with Gasteiger partial charge in [-0.05, 0) is 66.8 Å². The van der Waals surface area contributed by atoms with E-state index in [9.17, 15) is 9.59 Å². The van der Waals surface area contributed by atoms with E-state index in [0.717, 1.165) is 27.7 Å². The third-order valence-electron chi connectivity index (χ3n) is 5.11. The lowest BCUT2D eigenvalue weighted by Crippen LogP contribution is -2.33. The fraction of sp³-hybridized carbons (Fsp3) is 0.125. The largest absolute Gasteiger partial charge is 0.322 e. The summed E-state index contributed by atoms with van der Waals surface area (Å²) in [5, 5.41) is 0.927. The zero-order valence-corrected chi connectivity index (χ0v) is 16.3. The molecule has 0 bridgehead atoms. The number of aromatic nitrogens is 2. The number of amides is 1. The molecule has 2 heterocycles. The fourth-order valence-electron chi connectivity index (χ4n) is 3.30. The summed E-state index contributed by atoms with van der Waals surface area (Å²) in [6, 6.07) is 18.8. The Morgan fingerprint density at radius 2 is 1.83 bits per heavy atom. The maximum absolute atomic E-state index is 13.3. The number of fused-ring (bicyclic) bond motifs is 1. The van der Waals surface area contributed by atoms with E-state index in [-0.39, 0.29) is 18.0 Å². The lowest BCUT2D eigenvalue weighted by atomic mass is 10.1. The van der Waals surface area contributed by atoms with Crippen LogP contribution in [0.5, 0.6) is 0 Å². The van der Waals surface area contributed by atoms with Gasteiger partial charge >= 0.3 is 0 Å². The van der Waals surface area contributed by atoms with Crippen LogP contribution in [0.25, 0.3) is 10.9 Å². The summed E-state index contributed by atoms with van der Waals surface area (Å²) in [6.45, 7) is 4.20. The Morgan fingerprint density at radius 1 is 1.00 bits per heavy atom. The maximum atomic E-state index is 13.3. The van der Waals surface area contributed by atoms with E-state index >= 15 is 0 Å². The van der Waals surface area contributed by atoms with Crippen LogP contribution in [0, 0.1) is 13.8 Å². The Bertz CT molecular complexity index is 1250. The molecule has 0 saturated carbocycles. The Balaban J connectivity index is 1.80. The van der Waals surface area contributed by atoms with Crippen LogP contribution in [-0.2, 0) is 6.54 Å². The van der Waals surface area contributed by atoms with Crippen LogP contribution < -0.4 is 10.5 Å². The van der Waals surface area contributed by atoms with Crippen molar-refractivity contribution in [3.05, 3.63) is 106 Å². The van der Waals surface area contributed by atoms with E-state index < -0.39 is 0 Å². The van der Waals surface area contributed by atoms with Crippen molar-refractivity contribution in [2.24, 2.45) is 0 Å². The molecule has 144 valence electrons. The molecule has 5 heteroatoms. The number of benzene rings is 2. The molecule has 2 aromatic heterocycles. The van der Waals surface area contributed by atoms with Gasteiger partial charge in [-0.25, -0.2) is 0 Å². The third kappa shape index (κ3) is 3.80. The van der Waals surface area contributed by atoms with Gasteiger partial charge in [0.1, 0.15) is 0 Å². The zero-order valence-electron chi connectivity index (χ0n) is 16.3. The van der Waals surface area contributed by atoms with Crippen molar-refractivity contribution in [1.82, 2.24) is 9.97 Å². The Kier molecular flexibility index (Phi) is 4.96. The van der Waals surface area contributed by atoms with Crippen LogP contribution in [0.2, 0.25) is 0 Å². The lowest BCUT2D eigenvalue weighted by molar-refractivity contribution is 0.0984. The summed E-state index contributed by atoms with van der Waals surface area (Å²) in [4.78, 5) is 34.6. The van der Waals surface area contributed by atoms with Gasteiger partial charge in [-0.3, -0.25) is 14.6 Å². The molecule has 0 aliphatic carbocycles. The highest BCUT2D eigenvalue weighted by molar-refractivity contribution is 6.05. The molecule has 0 fully saturated rings. The lowest BCUT2D eigenvalue weighted by Gasteiger charge is -2.24. The number of hydrogen-bond donors (Lipinski definition) is 1. The first-order chi connectivity index (χ1) is 14.0. The molecule has 1 amide bonds. The topological polar surface area (TPSA) is 66.1 Å². The summed E-state index contributed by atoms with van der Waals surface area (Å²) in [5.74, 6) is -0.200. The molecule has 0 aliphatic heterocycles. The minimum absolute atomic E-state index is 0.163. The average Bonchev–Trinajstić information content (AvgIpc) is 2.74. The SMILES string of the molecule is Cc1ccc(N(Cc2cc3ccccc3[nH]c2=O)C(=O)c2cccnc2)cc1C. The van der Waals surface area contributed by atoms with Gasteiger partial charge in [0.05, 0.1) is 12.1 Å². The van der Waals surface area contributed by atoms with E-state index in [0.29, 0.717) is 11.1 Å². The highest BCUT2D eigenvalue weighted by atomic mass is 16.2. The van der Waals surface area contributed by atoms with Crippen molar-refractivity contribution in [3.63, 3.8) is 0 Å². The predicted molar refractivity (Wildman–Crippen MR) is 115 cm³/mol. The number of para-hydroxylation sites is 1. The predicted octanol–water partition coefficient (Wildman–Crippen LogP) is 4.39. The van der Waals surface area contributed by atoms with Crippen LogP contribution in [0.1, 0.15) is 27.0 Å². The van der Waals surface area contributed by atoms with Crippen molar-refractivity contribution in [2.75, 3.05) is 4.90 Å². The van der Waals surface area contributed by atoms with Gasteiger partial charge in [-0.2, -0.15) is 0 Å². The number of nitrogens with one attached hydrogen (secondary N) is 1. The Morgan fingerprint density at radius 3 is 2.59 bits per heavy atom. The number of anilines is 1. The number of aromatic amines is 1. The molecule has 4 rings (SSSR count). The van der Waals surface area contributed by atoms with Crippen molar-refractivity contribution in [3.8, 4) is 0 Å². The normalized spacial score (nSPS) is 10.8. The number of carbonyl (C=O) groups is 1. The molecule has 0 unspecified atom stereocenters. The van der Waals surface area contributed by atoms with Crippen molar-refractivity contribution in [1.29, 1.82) is 0 Å². The number of carbonyl (C=O) groups excluding carboxylic acids is 1. The van der Waals surface area contributed by atoms with E-state index in [1.54, 1.807) is 29.4 Å². The second kappa shape index (κ2) is 7.72. The molecule has 29 heavy (non-hydrogen) atoms. The number of rotatable bonds is 4. The first kappa shape index (κ1) is 18.6. The molecule has 0 atom stereocenters. The smallest absolute Gasteiger partial charge is 0.260 e. The van der Waals surface area contributed by atoms with E-state index in [4.69, 9.17) is 0 Å². The monoisotopic (exact) mass is 383 g/mol. The van der Waals surface area contributed by atoms with Crippen molar-refractivity contribution < 1.29 is 4.79 Å². The number of hydrogen-bond acceptors (Lipinski definition) is 3. The van der Waals surface area contributed by atoms with Gasteiger partial charge in [0.15, 0.2) is 0 Å². The summed E-state index contributed by atoms with van der Waals surface area (Å²) in [6.07, 6.45) is 3.17. The van der Waals surface area contributed by atoms with E-state index in [2.05, 4.69) is 9.97 Å². The van der Waals surface area contributed by atoms with Gasteiger partial charge in [0.2, 0.25) is 0 Å². The van der Waals surface area contributed by atoms with E-state index in [1.807, 2.05) is 62.4 Å². The van der Waals surface area contributed by atoms with Crippen LogP contribution in [0.4, 0.5) is 5.69 Å². The molecular formula is C24H21N3O2. The molecule has 2 aromatic carbocycles. The highest BCUT2D eigenvalue weighted by Crippen LogP contribution is 2.23. The van der Waals surface area contributed by atoms with Crippen LogP contribution in [0.3, 0.4) is 0 Å². The second-order valence-electron chi connectivity index (χ2n) is 7.11. The minimum Gasteiger partial charge on any atom is -0.322 e. The first-order valence-electron chi connectivity index (χ1n) is 9.43. The maximum Gasteiger partial charge on any atom is 0.260 e. The summed E-state index contributed by atoms with van der Waals surface area (Å²) < 4.78 is 0. The minimum atomic E-state index is -0.200.